The van der Waals surface area contributed by atoms with Crippen LogP contribution in [0.2, 0.25) is 0 Å². The Kier molecular flexibility index (Phi) is 4.47. The van der Waals surface area contributed by atoms with Crippen molar-refractivity contribution >= 4 is 5.91 Å². The molecule has 1 N–H and O–H groups in total. The van der Waals surface area contributed by atoms with Crippen LogP contribution in [-0.2, 0) is 0 Å². The lowest BCUT2D eigenvalue weighted by atomic mass is 10.1. The maximum absolute atomic E-state index is 12.0. The fourth-order valence-electron chi connectivity index (χ4n) is 2.18. The third kappa shape index (κ3) is 3.45. The van der Waals surface area contributed by atoms with E-state index in [1.54, 1.807) is 12.1 Å². The summed E-state index contributed by atoms with van der Waals surface area (Å²) >= 11 is 0. The molecule has 0 spiro atoms. The lowest BCUT2D eigenvalue weighted by Crippen LogP contribution is -2.23. The number of hydrogen-bond donors (Lipinski definition) is 1. The van der Waals surface area contributed by atoms with Crippen LogP contribution < -0.4 is 5.32 Å². The summed E-state index contributed by atoms with van der Waals surface area (Å²) in [5, 5.41) is 6.85. The van der Waals surface area contributed by atoms with Gasteiger partial charge >= 0.3 is 0 Å². The van der Waals surface area contributed by atoms with Crippen molar-refractivity contribution in [3.05, 3.63) is 60.2 Å². The molecule has 0 radical (unpaired) electrons. The van der Waals surface area contributed by atoms with E-state index in [-0.39, 0.29) is 5.91 Å². The molecule has 0 bridgehead atoms. The third-order valence-corrected chi connectivity index (χ3v) is 3.37. The minimum Gasteiger partial charge on any atom is -0.352 e. The van der Waals surface area contributed by atoms with Gasteiger partial charge in [0.15, 0.2) is 0 Å². The van der Waals surface area contributed by atoms with Crippen LogP contribution in [0.1, 0.15) is 23.7 Å². The van der Waals surface area contributed by atoms with Crippen molar-refractivity contribution in [3.8, 4) is 22.8 Å². The molecule has 116 valence electrons. The molecule has 2 aromatic carbocycles. The molecule has 1 amide bonds. The second-order valence-corrected chi connectivity index (χ2v) is 5.13. The summed E-state index contributed by atoms with van der Waals surface area (Å²) in [5.74, 6) is 0.826. The van der Waals surface area contributed by atoms with E-state index in [2.05, 4.69) is 15.5 Å². The second kappa shape index (κ2) is 6.87. The molecule has 3 rings (SSSR count). The lowest BCUT2D eigenvalue weighted by molar-refractivity contribution is 0.0953. The highest BCUT2D eigenvalue weighted by molar-refractivity contribution is 5.95. The first-order chi connectivity index (χ1) is 11.3. The molecule has 0 atom stereocenters. The van der Waals surface area contributed by atoms with Crippen LogP contribution in [0.15, 0.2) is 59.1 Å². The van der Waals surface area contributed by atoms with Gasteiger partial charge in [0.2, 0.25) is 5.82 Å². The second-order valence-electron chi connectivity index (χ2n) is 5.13. The fraction of sp³-hybridized carbons (Fsp3) is 0.167. The number of hydrogen-bond acceptors (Lipinski definition) is 4. The number of aromatic nitrogens is 2. The molecule has 0 saturated heterocycles. The largest absolute Gasteiger partial charge is 0.352 e. The number of carbonyl (C=O) groups is 1. The molecule has 0 aliphatic carbocycles. The van der Waals surface area contributed by atoms with Gasteiger partial charge in [0.05, 0.1) is 0 Å². The minimum atomic E-state index is -0.100. The summed E-state index contributed by atoms with van der Waals surface area (Å²) in [5.41, 5.74) is 2.19. The fourth-order valence-corrected chi connectivity index (χ4v) is 2.18. The highest BCUT2D eigenvalue weighted by Crippen LogP contribution is 2.22. The van der Waals surface area contributed by atoms with Crippen molar-refractivity contribution in [1.29, 1.82) is 0 Å². The maximum atomic E-state index is 12.0. The molecule has 0 saturated carbocycles. The number of amides is 1. The van der Waals surface area contributed by atoms with Crippen molar-refractivity contribution in [2.24, 2.45) is 0 Å². The molecule has 1 aromatic heterocycles. The lowest BCUT2D eigenvalue weighted by Gasteiger charge is -2.04. The van der Waals surface area contributed by atoms with Gasteiger partial charge in [0.25, 0.3) is 11.8 Å². The van der Waals surface area contributed by atoms with Crippen molar-refractivity contribution in [1.82, 2.24) is 15.5 Å². The molecule has 0 aliphatic heterocycles. The highest BCUT2D eigenvalue weighted by atomic mass is 16.5. The zero-order chi connectivity index (χ0) is 16.1. The highest BCUT2D eigenvalue weighted by Gasteiger charge is 2.12. The Morgan fingerprint density at radius 2 is 1.87 bits per heavy atom. The number of benzene rings is 2. The van der Waals surface area contributed by atoms with E-state index < -0.39 is 0 Å². The monoisotopic (exact) mass is 307 g/mol. The van der Waals surface area contributed by atoms with Crippen molar-refractivity contribution in [2.45, 2.75) is 13.3 Å². The normalized spacial score (nSPS) is 10.5. The van der Waals surface area contributed by atoms with Crippen molar-refractivity contribution in [2.75, 3.05) is 6.54 Å². The molecule has 5 heteroatoms. The van der Waals surface area contributed by atoms with Gasteiger partial charge in [-0.05, 0) is 24.6 Å². The van der Waals surface area contributed by atoms with Crippen molar-refractivity contribution < 1.29 is 9.32 Å². The van der Waals surface area contributed by atoms with Gasteiger partial charge in [-0.25, -0.2) is 0 Å². The van der Waals surface area contributed by atoms with Crippen LogP contribution in [0.25, 0.3) is 22.8 Å². The third-order valence-electron chi connectivity index (χ3n) is 3.37. The molecule has 0 unspecified atom stereocenters. The Labute approximate surface area is 134 Å². The van der Waals surface area contributed by atoms with Crippen LogP contribution in [0.5, 0.6) is 0 Å². The average Bonchev–Trinajstić information content (AvgIpc) is 3.11. The van der Waals surface area contributed by atoms with Crippen LogP contribution in [-0.4, -0.2) is 22.6 Å². The molecule has 23 heavy (non-hydrogen) atoms. The van der Waals surface area contributed by atoms with Crippen LogP contribution in [0, 0.1) is 0 Å². The van der Waals surface area contributed by atoms with Crippen LogP contribution >= 0.6 is 0 Å². The topological polar surface area (TPSA) is 68.0 Å². The van der Waals surface area contributed by atoms with E-state index in [0.717, 1.165) is 17.5 Å². The molecule has 1 heterocycles. The maximum Gasteiger partial charge on any atom is 0.258 e. The van der Waals surface area contributed by atoms with E-state index in [4.69, 9.17) is 4.52 Å². The summed E-state index contributed by atoms with van der Waals surface area (Å²) in [7, 11) is 0. The Morgan fingerprint density at radius 3 is 2.65 bits per heavy atom. The number of nitrogens with zero attached hydrogens (tertiary/aromatic N) is 2. The van der Waals surface area contributed by atoms with Gasteiger partial charge < -0.3 is 9.84 Å². The van der Waals surface area contributed by atoms with E-state index in [1.807, 2.05) is 49.4 Å². The predicted octanol–water partition coefficient (Wildman–Crippen LogP) is 3.54. The quantitative estimate of drug-likeness (QED) is 0.782. The van der Waals surface area contributed by atoms with E-state index >= 15 is 0 Å². The summed E-state index contributed by atoms with van der Waals surface area (Å²) < 4.78 is 5.33. The first-order valence-corrected chi connectivity index (χ1v) is 7.55. The number of carbonyl (C=O) groups excluding carboxylic acids is 1. The average molecular weight is 307 g/mol. The smallest absolute Gasteiger partial charge is 0.258 e. The van der Waals surface area contributed by atoms with Gasteiger partial charge in [0, 0.05) is 23.2 Å². The first kappa shape index (κ1) is 15.0. The van der Waals surface area contributed by atoms with E-state index in [9.17, 15) is 4.79 Å². The standard InChI is InChI=1S/C18H17N3O2/c1-2-11-19-17(22)14-9-6-10-15(12-14)18-20-16(21-23-18)13-7-4-3-5-8-13/h3-10,12H,2,11H2,1H3,(H,19,22). The van der Waals surface area contributed by atoms with Gasteiger partial charge in [0.1, 0.15) is 0 Å². The van der Waals surface area contributed by atoms with Crippen LogP contribution in [0.3, 0.4) is 0 Å². The summed E-state index contributed by atoms with van der Waals surface area (Å²) in [4.78, 5) is 16.4. The Balaban J connectivity index is 1.85. The summed E-state index contributed by atoms with van der Waals surface area (Å²) in [6.45, 7) is 2.67. The first-order valence-electron chi connectivity index (χ1n) is 7.55. The number of nitrogens with one attached hydrogen (secondary N) is 1. The minimum absolute atomic E-state index is 0.100. The molecule has 0 aliphatic rings. The number of rotatable bonds is 5. The zero-order valence-electron chi connectivity index (χ0n) is 12.8. The summed E-state index contributed by atoms with van der Waals surface area (Å²) in [6, 6.07) is 16.8. The molecular weight excluding hydrogens is 290 g/mol. The molecule has 0 fully saturated rings. The van der Waals surface area contributed by atoms with Crippen molar-refractivity contribution in [3.63, 3.8) is 0 Å². The summed E-state index contributed by atoms with van der Waals surface area (Å²) in [6.07, 6.45) is 0.898. The Morgan fingerprint density at radius 1 is 1.09 bits per heavy atom. The molecule has 3 aromatic rings. The van der Waals surface area contributed by atoms with E-state index in [1.165, 1.54) is 0 Å². The molecular formula is C18H17N3O2. The zero-order valence-corrected chi connectivity index (χ0v) is 12.8. The van der Waals surface area contributed by atoms with Gasteiger partial charge in [-0.2, -0.15) is 4.98 Å². The van der Waals surface area contributed by atoms with Gasteiger partial charge in [-0.1, -0.05) is 48.5 Å². The molecule has 5 nitrogen and oxygen atoms in total. The van der Waals surface area contributed by atoms with E-state index in [0.29, 0.717) is 23.8 Å². The van der Waals surface area contributed by atoms with Crippen LogP contribution in [0.4, 0.5) is 0 Å². The predicted molar refractivity (Wildman–Crippen MR) is 87.8 cm³/mol. The van der Waals surface area contributed by atoms with Gasteiger partial charge in [-0.15, -0.1) is 0 Å². The Hall–Kier alpha value is -2.95. The Bertz CT molecular complexity index is 797. The SMILES string of the molecule is CCCNC(=O)c1cccc(-c2nc(-c3ccccc3)no2)c1. The van der Waals surface area contributed by atoms with Gasteiger partial charge in [-0.3, -0.25) is 4.79 Å².